The van der Waals surface area contributed by atoms with Crippen molar-refractivity contribution in [1.29, 1.82) is 0 Å². The number of rotatable bonds is 0. The molecule has 0 aliphatic rings. The maximum absolute atomic E-state index is 5.11. The zero-order chi connectivity index (χ0) is 29.4. The van der Waals surface area contributed by atoms with Crippen LogP contribution >= 0.6 is 31.3 Å². The van der Waals surface area contributed by atoms with E-state index in [4.69, 9.17) is 9.97 Å². The fourth-order valence-electron chi connectivity index (χ4n) is 4.76. The molecular weight excluding hydrogens is 576 g/mol. The van der Waals surface area contributed by atoms with Crippen LogP contribution in [0.5, 0.6) is 0 Å². The topological polar surface area (TPSA) is 109 Å². The second-order valence-corrected chi connectivity index (χ2v) is 21.9. The van der Waals surface area contributed by atoms with E-state index in [1.807, 2.05) is 0 Å². The molecule has 0 radical (unpaired) electrons. The van der Waals surface area contributed by atoms with Gasteiger partial charge in [0.25, 0.3) is 0 Å². The summed E-state index contributed by atoms with van der Waals surface area (Å²) in [5.74, 6) is 0. The first-order chi connectivity index (χ1) is 18.4. The van der Waals surface area contributed by atoms with E-state index in [0.29, 0.717) is 0 Å². The molecule has 0 unspecified atom stereocenters. The SMILES string of the molecule is CC(C)(C)n1p2[nH]c3cccc(n3)[nH]p3n(C(C)(C)C)p([nH]c4cccc(n4)[nH]p1n2C(C)(C)C)n3C(C)(C)C. The Hall–Kier alpha value is -2.10. The van der Waals surface area contributed by atoms with E-state index in [1.165, 1.54) is 0 Å². The summed E-state index contributed by atoms with van der Waals surface area (Å²) in [6.07, 6.45) is 0. The smallest absolute Gasteiger partial charge is 0.145 e. The highest BCUT2D eigenvalue weighted by molar-refractivity contribution is 7.58. The van der Waals surface area contributed by atoms with Crippen molar-refractivity contribution < 1.29 is 0 Å². The number of nitrogens with one attached hydrogen (secondary N) is 4. The molecule has 8 aromatic rings. The van der Waals surface area contributed by atoms with Gasteiger partial charge in [0.2, 0.25) is 0 Å². The number of hydrogen-bond donors (Lipinski definition) is 4. The van der Waals surface area contributed by atoms with Crippen LogP contribution in [0, 0.1) is 0 Å². The molecule has 0 aliphatic heterocycles. The normalized spacial score (nSPS) is 15.3. The van der Waals surface area contributed by atoms with Crippen molar-refractivity contribution >= 4 is 53.9 Å². The highest BCUT2D eigenvalue weighted by Gasteiger charge is 2.31. The average Bonchev–Trinajstić information content (AvgIpc) is 2.73. The Morgan fingerprint density at radius 1 is 0.425 bits per heavy atom. The quantitative estimate of drug-likeness (QED) is 0.138. The molecule has 8 heterocycles. The van der Waals surface area contributed by atoms with Crippen molar-refractivity contribution in [2.45, 2.75) is 105 Å². The minimum Gasteiger partial charge on any atom is -0.300 e. The van der Waals surface area contributed by atoms with Gasteiger partial charge < -0.3 is 0 Å². The van der Waals surface area contributed by atoms with Crippen molar-refractivity contribution in [3.8, 4) is 0 Å². The third-order valence-corrected chi connectivity index (χ3v) is 19.6. The Morgan fingerprint density at radius 3 is 0.800 bits per heavy atom. The van der Waals surface area contributed by atoms with Crippen LogP contribution in [-0.4, -0.2) is 45.3 Å². The lowest BCUT2D eigenvalue weighted by Gasteiger charge is -2.38. The molecule has 0 amide bonds. The number of aromatic nitrogens is 10. The first-order valence-corrected chi connectivity index (χ1v) is 18.8. The lowest BCUT2D eigenvalue weighted by molar-refractivity contribution is 0.409. The summed E-state index contributed by atoms with van der Waals surface area (Å²) >= 11 is 0. The molecule has 220 valence electrons. The van der Waals surface area contributed by atoms with Gasteiger partial charge in [-0.2, -0.15) is 0 Å². The monoisotopic (exact) mass is 622 g/mol. The summed E-state index contributed by atoms with van der Waals surface area (Å²) < 4.78 is 25.8. The summed E-state index contributed by atoms with van der Waals surface area (Å²) in [7, 11) is -3.40. The third kappa shape index (κ3) is 5.41. The molecule has 8 rings (SSSR count). The van der Waals surface area contributed by atoms with Gasteiger partial charge >= 0.3 is 0 Å². The van der Waals surface area contributed by atoms with E-state index in [-0.39, 0.29) is 22.2 Å². The molecule has 0 atom stereocenters. The molecule has 8 bridgehead atoms. The zero-order valence-electron chi connectivity index (χ0n) is 25.9. The maximum Gasteiger partial charge on any atom is 0.145 e. The van der Waals surface area contributed by atoms with Crippen molar-refractivity contribution in [3.63, 3.8) is 0 Å². The number of H-pyrrole nitrogens is 4. The minimum absolute atomic E-state index is 0.0508. The van der Waals surface area contributed by atoms with Gasteiger partial charge in [0.15, 0.2) is 0 Å². The molecule has 0 spiro atoms. The molecule has 0 fully saturated rings. The van der Waals surface area contributed by atoms with Gasteiger partial charge in [-0.1, -0.05) is 12.1 Å². The molecule has 0 aliphatic carbocycles. The zero-order valence-corrected chi connectivity index (χ0v) is 29.5. The largest absolute Gasteiger partial charge is 0.300 e. The lowest BCUT2D eigenvalue weighted by atomic mass is 10.1. The fraction of sp³-hybridized carbons (Fsp3) is 0.615. The van der Waals surface area contributed by atoms with Gasteiger partial charge in [-0.05, 0) is 107 Å². The lowest BCUT2D eigenvalue weighted by Crippen LogP contribution is -2.31. The Labute approximate surface area is 240 Å². The van der Waals surface area contributed by atoms with Crippen molar-refractivity contribution in [1.82, 2.24) is 45.3 Å². The minimum atomic E-state index is -0.850. The van der Waals surface area contributed by atoms with E-state index in [2.05, 4.69) is 155 Å². The number of aromatic amines is 4. The van der Waals surface area contributed by atoms with Crippen LogP contribution in [0.4, 0.5) is 0 Å². The predicted octanol–water partition coefficient (Wildman–Crippen LogP) is 9.70. The predicted molar refractivity (Wildman–Crippen MR) is 176 cm³/mol. The Kier molecular flexibility index (Phi) is 7.15. The summed E-state index contributed by atoms with van der Waals surface area (Å²) in [5, 5.41) is 0. The van der Waals surface area contributed by atoms with Crippen molar-refractivity contribution in [2.24, 2.45) is 0 Å². The summed E-state index contributed by atoms with van der Waals surface area (Å²) in [4.78, 5) is 10.2. The van der Waals surface area contributed by atoms with Crippen molar-refractivity contribution in [3.05, 3.63) is 36.4 Å². The van der Waals surface area contributed by atoms with E-state index >= 15 is 0 Å². The van der Waals surface area contributed by atoms with E-state index in [1.54, 1.807) is 0 Å². The second-order valence-electron chi connectivity index (χ2n) is 14.3. The molecule has 40 heavy (non-hydrogen) atoms. The Morgan fingerprint density at radius 2 is 0.625 bits per heavy atom. The van der Waals surface area contributed by atoms with Crippen LogP contribution in [0.25, 0.3) is 22.6 Å². The van der Waals surface area contributed by atoms with Crippen LogP contribution in [0.15, 0.2) is 36.4 Å². The summed E-state index contributed by atoms with van der Waals surface area (Å²) in [6.45, 7) is 27.5. The number of pyridine rings is 2. The van der Waals surface area contributed by atoms with E-state index < -0.39 is 31.3 Å². The van der Waals surface area contributed by atoms with Crippen molar-refractivity contribution in [2.75, 3.05) is 0 Å². The molecule has 10 nitrogen and oxygen atoms in total. The van der Waals surface area contributed by atoms with Gasteiger partial charge in [-0.25, -0.2) is 9.97 Å². The molecule has 8 aromatic heterocycles. The van der Waals surface area contributed by atoms with E-state index in [9.17, 15) is 0 Å². The second kappa shape index (κ2) is 9.73. The van der Waals surface area contributed by atoms with Gasteiger partial charge in [0.05, 0.1) is 0 Å². The first kappa shape index (κ1) is 29.4. The van der Waals surface area contributed by atoms with Crippen LogP contribution in [-0.2, 0) is 22.2 Å². The summed E-state index contributed by atoms with van der Waals surface area (Å²) in [5.41, 5.74) is 3.36. The third-order valence-electron chi connectivity index (χ3n) is 6.19. The first-order valence-electron chi connectivity index (χ1n) is 13.8. The van der Waals surface area contributed by atoms with Gasteiger partial charge in [-0.3, -0.25) is 35.4 Å². The van der Waals surface area contributed by atoms with Crippen LogP contribution < -0.4 is 0 Å². The van der Waals surface area contributed by atoms with Crippen LogP contribution in [0.1, 0.15) is 83.1 Å². The van der Waals surface area contributed by atoms with Gasteiger partial charge in [0, 0.05) is 22.2 Å². The molecule has 0 aromatic carbocycles. The van der Waals surface area contributed by atoms with Crippen LogP contribution in [0.2, 0.25) is 0 Å². The Balaban J connectivity index is 2.06. The van der Waals surface area contributed by atoms with Gasteiger partial charge in [-0.15, -0.1) is 0 Å². The molecule has 4 N–H and O–H groups in total. The van der Waals surface area contributed by atoms with Crippen LogP contribution in [0.3, 0.4) is 0 Å². The Bertz CT molecular complexity index is 1550. The average molecular weight is 623 g/mol. The highest BCUT2D eigenvalue weighted by atomic mass is 31.2. The molecule has 0 saturated carbocycles. The molecular formula is C26H46N10P4. The van der Waals surface area contributed by atoms with E-state index in [0.717, 1.165) is 22.6 Å². The van der Waals surface area contributed by atoms with Gasteiger partial charge in [0.1, 0.15) is 53.9 Å². The highest BCUT2D eigenvalue weighted by Crippen LogP contribution is 2.50. The molecule has 14 heteroatoms. The summed E-state index contributed by atoms with van der Waals surface area (Å²) in [6, 6.07) is 12.6. The maximum atomic E-state index is 5.11. The number of nitrogens with zero attached hydrogens (tertiary/aromatic N) is 6. The fourth-order valence-corrected chi connectivity index (χ4v) is 16.5. The number of hydrogen-bond acceptors (Lipinski definition) is 2. The standard InChI is InChI=1S/C26H46N10P4/c1-23(2,3)33-37-29-19-15-13-17-21(27-19)31-39-35(25(7,8)9)40(36(39)26(10,11)12)32-22-18-14-16-20(28-22)30-38(33)34(37)24(4,5)6/h13-18H,1-12H3,(H2,27,29,31)(H2,28,30,32). The molecule has 0 saturated heterocycles.